The molecule has 1 amide bonds. The Morgan fingerprint density at radius 1 is 1.46 bits per heavy atom. The fourth-order valence-corrected chi connectivity index (χ4v) is 2.54. The van der Waals surface area contributed by atoms with E-state index in [2.05, 4.69) is 30.4 Å². The summed E-state index contributed by atoms with van der Waals surface area (Å²) in [5, 5.41) is 10.0. The number of aromatic nitrogens is 4. The number of anilines is 1. The van der Waals surface area contributed by atoms with Gasteiger partial charge in [-0.25, -0.2) is 4.98 Å². The molecule has 0 aromatic carbocycles. The standard InChI is InChI=1S/C16H22N6O2/c1-11(2)15-19-16(21-20-15)13-9-22(7-8-24-13)10-14(23)18-12-3-5-17-6-4-12/h3-6,11,13H,7-10H2,1-2H3,(H,17,18,23)(H,19,20,21). The molecule has 3 rings (SSSR count). The van der Waals surface area contributed by atoms with Gasteiger partial charge in [-0.3, -0.25) is 19.8 Å². The molecule has 1 aliphatic heterocycles. The summed E-state index contributed by atoms with van der Waals surface area (Å²) in [6.07, 6.45) is 3.11. The van der Waals surface area contributed by atoms with E-state index in [1.807, 2.05) is 13.8 Å². The predicted molar refractivity (Wildman–Crippen MR) is 88.5 cm³/mol. The number of amides is 1. The minimum absolute atomic E-state index is 0.0534. The van der Waals surface area contributed by atoms with E-state index in [1.54, 1.807) is 24.5 Å². The summed E-state index contributed by atoms with van der Waals surface area (Å²) in [6.45, 7) is 6.29. The number of H-pyrrole nitrogens is 1. The van der Waals surface area contributed by atoms with Gasteiger partial charge < -0.3 is 10.1 Å². The van der Waals surface area contributed by atoms with Gasteiger partial charge >= 0.3 is 0 Å². The van der Waals surface area contributed by atoms with E-state index in [0.717, 1.165) is 17.3 Å². The third-order valence-electron chi connectivity index (χ3n) is 3.82. The minimum Gasteiger partial charge on any atom is -0.368 e. The van der Waals surface area contributed by atoms with Gasteiger partial charge in [-0.2, -0.15) is 5.10 Å². The zero-order valence-corrected chi connectivity index (χ0v) is 13.9. The maximum absolute atomic E-state index is 12.2. The Morgan fingerprint density at radius 3 is 2.96 bits per heavy atom. The molecule has 0 saturated carbocycles. The minimum atomic E-state index is -0.188. The molecule has 128 valence electrons. The van der Waals surface area contributed by atoms with E-state index in [1.165, 1.54) is 0 Å². The second kappa shape index (κ2) is 7.50. The van der Waals surface area contributed by atoms with E-state index in [0.29, 0.717) is 26.2 Å². The zero-order valence-electron chi connectivity index (χ0n) is 13.9. The molecule has 1 fully saturated rings. The first kappa shape index (κ1) is 16.5. The largest absolute Gasteiger partial charge is 0.368 e. The Balaban J connectivity index is 1.56. The monoisotopic (exact) mass is 330 g/mol. The maximum Gasteiger partial charge on any atom is 0.238 e. The Bertz CT molecular complexity index is 672. The van der Waals surface area contributed by atoms with Crippen LogP contribution in [0.4, 0.5) is 5.69 Å². The van der Waals surface area contributed by atoms with Gasteiger partial charge in [0.2, 0.25) is 5.91 Å². The van der Waals surface area contributed by atoms with Crippen LogP contribution in [0.15, 0.2) is 24.5 Å². The molecule has 2 N–H and O–H groups in total. The lowest BCUT2D eigenvalue weighted by atomic mass is 10.2. The molecule has 8 heteroatoms. The molecule has 1 unspecified atom stereocenters. The molecule has 0 radical (unpaired) electrons. The molecule has 3 heterocycles. The number of rotatable bonds is 5. The van der Waals surface area contributed by atoms with Crippen LogP contribution in [0, 0.1) is 0 Å². The maximum atomic E-state index is 12.2. The smallest absolute Gasteiger partial charge is 0.238 e. The predicted octanol–water partition coefficient (Wildman–Crippen LogP) is 1.34. The van der Waals surface area contributed by atoms with Gasteiger partial charge in [0.05, 0.1) is 13.2 Å². The number of morpholine rings is 1. The van der Waals surface area contributed by atoms with Crippen LogP contribution in [0.1, 0.15) is 37.5 Å². The van der Waals surface area contributed by atoms with Crippen molar-refractivity contribution in [1.29, 1.82) is 0 Å². The van der Waals surface area contributed by atoms with Crippen molar-refractivity contribution >= 4 is 11.6 Å². The fraction of sp³-hybridized carbons (Fsp3) is 0.500. The summed E-state index contributed by atoms with van der Waals surface area (Å²) < 4.78 is 5.77. The van der Waals surface area contributed by atoms with Crippen LogP contribution in [0.5, 0.6) is 0 Å². The topological polar surface area (TPSA) is 96.0 Å². The van der Waals surface area contributed by atoms with Crippen LogP contribution in [0.25, 0.3) is 0 Å². The summed E-state index contributed by atoms with van der Waals surface area (Å²) in [4.78, 5) is 22.6. The third-order valence-corrected chi connectivity index (χ3v) is 3.82. The number of pyridine rings is 1. The average Bonchev–Trinajstić information content (AvgIpc) is 3.06. The van der Waals surface area contributed by atoms with E-state index in [9.17, 15) is 4.79 Å². The van der Waals surface area contributed by atoms with E-state index >= 15 is 0 Å². The van der Waals surface area contributed by atoms with E-state index in [4.69, 9.17) is 4.74 Å². The van der Waals surface area contributed by atoms with Gasteiger partial charge in [0.15, 0.2) is 11.6 Å². The highest BCUT2D eigenvalue weighted by molar-refractivity contribution is 5.92. The van der Waals surface area contributed by atoms with Crippen LogP contribution in [0.3, 0.4) is 0 Å². The highest BCUT2D eigenvalue weighted by atomic mass is 16.5. The van der Waals surface area contributed by atoms with Gasteiger partial charge in [-0.15, -0.1) is 0 Å². The van der Waals surface area contributed by atoms with Crippen molar-refractivity contribution in [3.63, 3.8) is 0 Å². The quantitative estimate of drug-likeness (QED) is 0.859. The summed E-state index contributed by atoms with van der Waals surface area (Å²) in [6, 6.07) is 3.53. The highest BCUT2D eigenvalue weighted by Crippen LogP contribution is 2.20. The Kier molecular flexibility index (Phi) is 5.17. The van der Waals surface area contributed by atoms with Gasteiger partial charge in [0, 0.05) is 37.1 Å². The lowest BCUT2D eigenvalue weighted by Gasteiger charge is -2.31. The van der Waals surface area contributed by atoms with E-state index < -0.39 is 0 Å². The fourth-order valence-electron chi connectivity index (χ4n) is 2.54. The first-order valence-corrected chi connectivity index (χ1v) is 8.08. The van der Waals surface area contributed by atoms with Crippen LogP contribution < -0.4 is 5.32 Å². The molecule has 0 bridgehead atoms. The van der Waals surface area contributed by atoms with Crippen LogP contribution in [-0.2, 0) is 9.53 Å². The second-order valence-corrected chi connectivity index (χ2v) is 6.11. The molecule has 24 heavy (non-hydrogen) atoms. The Morgan fingerprint density at radius 2 is 2.25 bits per heavy atom. The number of carbonyl (C=O) groups excluding carboxylic acids is 1. The van der Waals surface area contributed by atoms with Gasteiger partial charge in [0.1, 0.15) is 6.10 Å². The summed E-state index contributed by atoms with van der Waals surface area (Å²) in [5.41, 5.74) is 0.747. The SMILES string of the molecule is CC(C)c1n[nH]c(C2CN(CC(=O)Nc3ccncc3)CCO2)n1. The lowest BCUT2D eigenvalue weighted by Crippen LogP contribution is -2.42. The number of nitrogens with zero attached hydrogens (tertiary/aromatic N) is 4. The number of nitrogens with one attached hydrogen (secondary N) is 2. The number of aromatic amines is 1. The molecular weight excluding hydrogens is 308 g/mol. The molecule has 1 aliphatic rings. The second-order valence-electron chi connectivity index (χ2n) is 6.11. The van der Waals surface area contributed by atoms with E-state index in [-0.39, 0.29) is 17.9 Å². The molecular formula is C16H22N6O2. The first-order chi connectivity index (χ1) is 11.6. The van der Waals surface area contributed by atoms with Crippen molar-refractivity contribution < 1.29 is 9.53 Å². The molecule has 0 aliphatic carbocycles. The first-order valence-electron chi connectivity index (χ1n) is 8.08. The van der Waals surface area contributed by atoms with Gasteiger partial charge in [-0.05, 0) is 12.1 Å². The van der Waals surface area contributed by atoms with Crippen molar-refractivity contribution in [2.45, 2.75) is 25.9 Å². The van der Waals surface area contributed by atoms with Crippen molar-refractivity contribution in [3.8, 4) is 0 Å². The van der Waals surface area contributed by atoms with Crippen molar-refractivity contribution in [3.05, 3.63) is 36.2 Å². The van der Waals surface area contributed by atoms with Crippen molar-refractivity contribution in [2.75, 3.05) is 31.6 Å². The summed E-state index contributed by atoms with van der Waals surface area (Å²) >= 11 is 0. The molecule has 8 nitrogen and oxygen atoms in total. The zero-order chi connectivity index (χ0) is 16.9. The molecule has 1 atom stereocenters. The van der Waals surface area contributed by atoms with Crippen molar-refractivity contribution in [1.82, 2.24) is 25.1 Å². The van der Waals surface area contributed by atoms with Crippen LogP contribution in [0.2, 0.25) is 0 Å². The molecule has 2 aromatic rings. The number of hydrogen-bond acceptors (Lipinski definition) is 6. The van der Waals surface area contributed by atoms with Crippen LogP contribution >= 0.6 is 0 Å². The summed E-state index contributed by atoms with van der Waals surface area (Å²) in [7, 11) is 0. The molecule has 1 saturated heterocycles. The van der Waals surface area contributed by atoms with Crippen LogP contribution in [-0.4, -0.2) is 57.2 Å². The lowest BCUT2D eigenvalue weighted by molar-refractivity contribution is -0.119. The average molecular weight is 330 g/mol. The third kappa shape index (κ3) is 4.15. The highest BCUT2D eigenvalue weighted by Gasteiger charge is 2.26. The molecule has 2 aromatic heterocycles. The normalized spacial score (nSPS) is 18.7. The number of ether oxygens (including phenoxy) is 1. The molecule has 0 spiro atoms. The van der Waals surface area contributed by atoms with Gasteiger partial charge in [-0.1, -0.05) is 13.8 Å². The number of hydrogen-bond donors (Lipinski definition) is 2. The Labute approximate surface area is 140 Å². The Hall–Kier alpha value is -2.32. The number of carbonyl (C=O) groups is 1. The van der Waals surface area contributed by atoms with Crippen molar-refractivity contribution in [2.24, 2.45) is 0 Å². The summed E-state index contributed by atoms with van der Waals surface area (Å²) in [5.74, 6) is 1.71. The van der Waals surface area contributed by atoms with Gasteiger partial charge in [0.25, 0.3) is 0 Å².